The molecule has 0 radical (unpaired) electrons. The molecule has 0 saturated carbocycles. The van der Waals surface area contributed by atoms with Crippen LogP contribution in [0.15, 0.2) is 24.5 Å². The molecule has 7 rings (SSSR count). The predicted molar refractivity (Wildman–Crippen MR) is 122 cm³/mol. The summed E-state index contributed by atoms with van der Waals surface area (Å²) in [6.45, 7) is 5.60. The molecule has 9 nitrogen and oxygen atoms in total. The van der Waals surface area contributed by atoms with Gasteiger partial charge in [0.05, 0.1) is 35.6 Å². The monoisotopic (exact) mass is 443 g/mol. The Balaban J connectivity index is 1.27. The van der Waals surface area contributed by atoms with E-state index in [0.717, 1.165) is 97.4 Å². The van der Waals surface area contributed by atoms with Crippen molar-refractivity contribution in [2.24, 2.45) is 0 Å². The Kier molecular flexibility index (Phi) is 4.13. The Morgan fingerprint density at radius 1 is 1.03 bits per heavy atom. The number of amides is 1. The SMILES string of the molecule is O=C1NCC2(CNC2)c2[nH]c3c(c21)CCc1cnc(-c2ccc(N4CCOCC4)nc2)nc1-3. The van der Waals surface area contributed by atoms with E-state index in [0.29, 0.717) is 12.4 Å². The molecule has 3 aromatic heterocycles. The van der Waals surface area contributed by atoms with Crippen molar-refractivity contribution in [2.45, 2.75) is 18.3 Å². The zero-order valence-corrected chi connectivity index (χ0v) is 18.3. The van der Waals surface area contributed by atoms with Crippen LogP contribution in [0.5, 0.6) is 0 Å². The highest BCUT2D eigenvalue weighted by atomic mass is 16.5. The third-order valence-electron chi connectivity index (χ3n) is 7.46. The van der Waals surface area contributed by atoms with Crippen molar-refractivity contribution in [1.29, 1.82) is 0 Å². The number of nitrogens with zero attached hydrogens (tertiary/aromatic N) is 4. The van der Waals surface area contributed by atoms with E-state index < -0.39 is 0 Å². The van der Waals surface area contributed by atoms with Crippen molar-refractivity contribution in [1.82, 2.24) is 30.6 Å². The number of nitrogens with one attached hydrogen (secondary N) is 3. The number of hydrogen-bond donors (Lipinski definition) is 3. The number of pyridine rings is 1. The first-order chi connectivity index (χ1) is 16.2. The number of H-pyrrole nitrogens is 1. The molecule has 0 unspecified atom stereocenters. The summed E-state index contributed by atoms with van der Waals surface area (Å²) in [6.07, 6.45) is 5.43. The first kappa shape index (κ1) is 19.2. The average Bonchev–Trinajstić information content (AvgIpc) is 3.25. The highest BCUT2D eigenvalue weighted by Crippen LogP contribution is 2.42. The fraction of sp³-hybridized carbons (Fsp3) is 0.417. The first-order valence-corrected chi connectivity index (χ1v) is 11.6. The molecule has 2 fully saturated rings. The van der Waals surface area contributed by atoms with Crippen LogP contribution >= 0.6 is 0 Å². The van der Waals surface area contributed by atoms with Crippen LogP contribution in [0.2, 0.25) is 0 Å². The van der Waals surface area contributed by atoms with E-state index in [1.54, 1.807) is 0 Å². The maximum absolute atomic E-state index is 12.8. The van der Waals surface area contributed by atoms with Gasteiger partial charge >= 0.3 is 0 Å². The normalized spacial score (nSPS) is 20.5. The highest BCUT2D eigenvalue weighted by molar-refractivity contribution is 6.01. The van der Waals surface area contributed by atoms with Gasteiger partial charge in [0.25, 0.3) is 5.91 Å². The largest absolute Gasteiger partial charge is 0.378 e. The Labute approximate surface area is 191 Å². The third-order valence-corrected chi connectivity index (χ3v) is 7.46. The van der Waals surface area contributed by atoms with Gasteiger partial charge < -0.3 is 25.3 Å². The van der Waals surface area contributed by atoms with E-state index in [9.17, 15) is 4.79 Å². The summed E-state index contributed by atoms with van der Waals surface area (Å²) in [5, 5.41) is 6.48. The summed E-state index contributed by atoms with van der Waals surface area (Å²) in [7, 11) is 0. The minimum atomic E-state index is -0.0319. The zero-order valence-electron chi connectivity index (χ0n) is 18.3. The van der Waals surface area contributed by atoms with E-state index in [2.05, 4.69) is 30.5 Å². The maximum Gasteiger partial charge on any atom is 0.253 e. The fourth-order valence-corrected chi connectivity index (χ4v) is 5.50. The second-order valence-electron chi connectivity index (χ2n) is 9.37. The van der Waals surface area contributed by atoms with Crippen molar-refractivity contribution in [3.8, 4) is 22.8 Å². The second-order valence-corrected chi connectivity index (χ2v) is 9.37. The van der Waals surface area contributed by atoms with Crippen molar-refractivity contribution < 1.29 is 9.53 Å². The average molecular weight is 444 g/mol. The van der Waals surface area contributed by atoms with Crippen molar-refractivity contribution >= 4 is 11.7 Å². The smallest absolute Gasteiger partial charge is 0.253 e. The lowest BCUT2D eigenvalue weighted by Gasteiger charge is -2.45. The molecule has 0 aromatic carbocycles. The van der Waals surface area contributed by atoms with Crippen LogP contribution < -0.4 is 15.5 Å². The van der Waals surface area contributed by atoms with Gasteiger partial charge in [-0.15, -0.1) is 0 Å². The second kappa shape index (κ2) is 7.10. The Bertz CT molecular complexity index is 1260. The molecule has 9 heteroatoms. The summed E-state index contributed by atoms with van der Waals surface area (Å²) in [5.41, 5.74) is 6.84. The van der Waals surface area contributed by atoms with Crippen molar-refractivity contribution in [3.05, 3.63) is 46.9 Å². The summed E-state index contributed by atoms with van der Waals surface area (Å²) in [4.78, 5) is 32.9. The van der Waals surface area contributed by atoms with E-state index in [1.807, 2.05) is 24.5 Å². The Hall–Kier alpha value is -3.30. The van der Waals surface area contributed by atoms with Gasteiger partial charge in [-0.3, -0.25) is 4.79 Å². The molecular weight excluding hydrogens is 418 g/mol. The van der Waals surface area contributed by atoms with Gasteiger partial charge in [0.15, 0.2) is 5.82 Å². The van der Waals surface area contributed by atoms with Crippen LogP contribution in [0.1, 0.15) is 27.2 Å². The minimum Gasteiger partial charge on any atom is -0.378 e. The Morgan fingerprint density at radius 2 is 1.91 bits per heavy atom. The molecule has 3 N–H and O–H groups in total. The van der Waals surface area contributed by atoms with Crippen LogP contribution in [0.3, 0.4) is 0 Å². The number of carbonyl (C=O) groups is 1. The lowest BCUT2D eigenvalue weighted by Crippen LogP contribution is -2.64. The predicted octanol–water partition coefficient (Wildman–Crippen LogP) is 1.05. The number of hydrogen-bond acceptors (Lipinski definition) is 7. The van der Waals surface area contributed by atoms with E-state index in [1.165, 1.54) is 0 Å². The summed E-state index contributed by atoms with van der Waals surface area (Å²) in [6, 6.07) is 4.06. The summed E-state index contributed by atoms with van der Waals surface area (Å²) < 4.78 is 5.44. The number of aromatic nitrogens is 4. The summed E-state index contributed by atoms with van der Waals surface area (Å²) >= 11 is 0. The molecular formula is C24H25N7O2. The van der Waals surface area contributed by atoms with Crippen LogP contribution in [0.25, 0.3) is 22.8 Å². The Morgan fingerprint density at radius 3 is 2.67 bits per heavy atom. The van der Waals surface area contributed by atoms with Gasteiger partial charge in [-0.2, -0.15) is 0 Å². The van der Waals surface area contributed by atoms with Crippen LogP contribution in [0.4, 0.5) is 5.82 Å². The lowest BCUT2D eigenvalue weighted by molar-refractivity contribution is 0.0905. The van der Waals surface area contributed by atoms with Crippen molar-refractivity contribution in [3.63, 3.8) is 0 Å². The number of aryl methyl sites for hydroxylation is 1. The number of morpholine rings is 1. The number of fused-ring (bicyclic) bond motifs is 6. The molecule has 3 aromatic rings. The fourth-order valence-electron chi connectivity index (χ4n) is 5.50. The van der Waals surface area contributed by atoms with Gasteiger partial charge in [0, 0.05) is 56.4 Å². The van der Waals surface area contributed by atoms with Crippen LogP contribution in [-0.2, 0) is 23.0 Å². The number of rotatable bonds is 2. The molecule has 168 valence electrons. The lowest BCUT2D eigenvalue weighted by atomic mass is 9.74. The zero-order chi connectivity index (χ0) is 22.0. The van der Waals surface area contributed by atoms with E-state index in [-0.39, 0.29) is 11.3 Å². The molecule has 2 saturated heterocycles. The van der Waals surface area contributed by atoms with Gasteiger partial charge in [0.2, 0.25) is 0 Å². The number of aromatic amines is 1. The van der Waals surface area contributed by atoms with Gasteiger partial charge in [-0.25, -0.2) is 15.0 Å². The van der Waals surface area contributed by atoms with Gasteiger partial charge in [-0.05, 0) is 36.1 Å². The molecule has 33 heavy (non-hydrogen) atoms. The van der Waals surface area contributed by atoms with E-state index in [4.69, 9.17) is 9.72 Å². The van der Waals surface area contributed by atoms with E-state index >= 15 is 0 Å². The van der Waals surface area contributed by atoms with Crippen LogP contribution in [-0.4, -0.2) is 71.8 Å². The number of ether oxygens (including phenoxy) is 1. The minimum absolute atomic E-state index is 0.0284. The molecule has 1 aliphatic carbocycles. The molecule has 1 amide bonds. The molecule has 1 spiro atoms. The highest BCUT2D eigenvalue weighted by Gasteiger charge is 2.47. The number of carbonyl (C=O) groups excluding carboxylic acids is 1. The summed E-state index contributed by atoms with van der Waals surface area (Å²) in [5.74, 6) is 1.63. The molecule has 0 atom stereocenters. The number of anilines is 1. The quantitative estimate of drug-likeness (QED) is 0.543. The molecule has 3 aliphatic heterocycles. The van der Waals surface area contributed by atoms with Crippen LogP contribution in [0, 0.1) is 0 Å². The standard InChI is InChI=1S/C24H25N7O2/c32-23-18-16-3-1-14-9-27-22(15-2-4-17(26-10-15)31-5-7-33-8-6-31)30-19(14)20(16)29-21(18)24(13-28-23)11-25-12-24/h2,4,9-10,25,29H,1,3,5-8,11-13H2,(H,28,32). The molecule has 0 bridgehead atoms. The first-order valence-electron chi connectivity index (χ1n) is 11.6. The topological polar surface area (TPSA) is 108 Å². The van der Waals surface area contributed by atoms with Crippen molar-refractivity contribution in [2.75, 3.05) is 50.8 Å². The molecule has 4 aliphatic rings. The third kappa shape index (κ3) is 2.85. The van der Waals surface area contributed by atoms with Gasteiger partial charge in [0.1, 0.15) is 5.82 Å². The maximum atomic E-state index is 12.8. The molecule has 6 heterocycles. The van der Waals surface area contributed by atoms with Gasteiger partial charge in [-0.1, -0.05) is 0 Å².